The van der Waals surface area contributed by atoms with E-state index in [2.05, 4.69) is 4.98 Å². The molecule has 1 saturated heterocycles. The van der Waals surface area contributed by atoms with Crippen LogP contribution in [0.1, 0.15) is 16.9 Å². The van der Waals surface area contributed by atoms with Crippen LogP contribution in [0.15, 0.2) is 29.6 Å². The molecule has 1 aromatic heterocycles. The van der Waals surface area contributed by atoms with Crippen LogP contribution in [0, 0.1) is 5.41 Å². The van der Waals surface area contributed by atoms with Gasteiger partial charge in [-0.3, -0.25) is 4.79 Å². The van der Waals surface area contributed by atoms with Crippen LogP contribution in [0.25, 0.3) is 10.6 Å². The predicted molar refractivity (Wildman–Crippen MR) is 88.7 cm³/mol. The summed E-state index contributed by atoms with van der Waals surface area (Å²) in [5.74, 6) is -0.559. The third-order valence-electron chi connectivity index (χ3n) is 4.36. The first-order chi connectivity index (χ1) is 11.8. The van der Waals surface area contributed by atoms with Gasteiger partial charge in [0.05, 0.1) is 6.61 Å². The van der Waals surface area contributed by atoms with Crippen LogP contribution >= 0.6 is 22.9 Å². The van der Waals surface area contributed by atoms with Gasteiger partial charge in [-0.25, -0.2) is 4.98 Å². The monoisotopic (exact) mass is 390 g/mol. The highest BCUT2D eigenvalue weighted by Crippen LogP contribution is 2.45. The zero-order valence-corrected chi connectivity index (χ0v) is 14.5. The van der Waals surface area contributed by atoms with E-state index in [1.54, 1.807) is 24.3 Å². The number of likely N-dealkylation sites (tertiary alicyclic amines) is 1. The number of carbonyl (C=O) groups excluding carboxylic acids is 1. The van der Waals surface area contributed by atoms with Gasteiger partial charge in [-0.15, -0.1) is 11.3 Å². The number of halogens is 4. The number of hydrogen-bond acceptors (Lipinski definition) is 4. The fourth-order valence-electron chi connectivity index (χ4n) is 2.75. The lowest BCUT2D eigenvalue weighted by Gasteiger charge is -2.29. The first-order valence-electron chi connectivity index (χ1n) is 7.44. The molecule has 1 aliphatic heterocycles. The third kappa shape index (κ3) is 3.38. The molecular formula is C16H14ClF3N2O2S. The van der Waals surface area contributed by atoms with Gasteiger partial charge in [-0.2, -0.15) is 13.2 Å². The summed E-state index contributed by atoms with van der Waals surface area (Å²) in [6.45, 7) is -1.65. The SMILES string of the molecule is O=C(c1csc(-c2ccc(Cl)cc2)n1)N1CCC(CO)(C(F)(F)F)C1. The van der Waals surface area contributed by atoms with Crippen LogP contribution in [0.2, 0.25) is 5.02 Å². The fraction of sp³-hybridized carbons (Fsp3) is 0.375. The lowest BCUT2D eigenvalue weighted by molar-refractivity contribution is -0.229. The number of hydrogen-bond donors (Lipinski definition) is 1. The molecule has 0 aliphatic carbocycles. The number of aromatic nitrogens is 1. The Balaban J connectivity index is 1.78. The van der Waals surface area contributed by atoms with E-state index in [1.165, 1.54) is 16.7 Å². The Bertz CT molecular complexity index is 778. The average Bonchev–Trinajstić information content (AvgIpc) is 3.22. The van der Waals surface area contributed by atoms with Gasteiger partial charge in [0.1, 0.15) is 16.1 Å². The second-order valence-electron chi connectivity index (χ2n) is 5.96. The van der Waals surface area contributed by atoms with Crippen molar-refractivity contribution in [1.29, 1.82) is 0 Å². The molecule has 1 amide bonds. The average molecular weight is 391 g/mol. The lowest BCUT2D eigenvalue weighted by Crippen LogP contribution is -2.44. The zero-order chi connectivity index (χ0) is 18.2. The Hall–Kier alpha value is -1.64. The number of aliphatic hydroxyl groups excluding tert-OH is 1. The van der Waals surface area contributed by atoms with Crippen molar-refractivity contribution in [2.75, 3.05) is 19.7 Å². The highest BCUT2D eigenvalue weighted by atomic mass is 35.5. The van der Waals surface area contributed by atoms with Crippen molar-refractivity contribution < 1.29 is 23.1 Å². The Morgan fingerprint density at radius 3 is 2.60 bits per heavy atom. The second-order valence-corrected chi connectivity index (χ2v) is 7.25. The molecule has 0 saturated carbocycles. The molecule has 1 aliphatic rings. The minimum Gasteiger partial charge on any atom is -0.395 e. The summed E-state index contributed by atoms with van der Waals surface area (Å²) in [7, 11) is 0. The third-order valence-corrected chi connectivity index (χ3v) is 5.50. The maximum Gasteiger partial charge on any atom is 0.398 e. The minimum atomic E-state index is -4.56. The summed E-state index contributed by atoms with van der Waals surface area (Å²) in [6, 6.07) is 6.90. The molecule has 25 heavy (non-hydrogen) atoms. The van der Waals surface area contributed by atoms with Gasteiger partial charge in [-0.05, 0) is 18.6 Å². The fourth-order valence-corrected chi connectivity index (χ4v) is 3.68. The van der Waals surface area contributed by atoms with E-state index in [0.29, 0.717) is 10.0 Å². The molecule has 0 radical (unpaired) electrons. The maximum atomic E-state index is 13.2. The van der Waals surface area contributed by atoms with Gasteiger partial charge in [0.15, 0.2) is 0 Å². The number of carbonyl (C=O) groups is 1. The van der Waals surface area contributed by atoms with E-state index in [4.69, 9.17) is 11.6 Å². The number of nitrogens with zero attached hydrogens (tertiary/aromatic N) is 2. The molecule has 1 fully saturated rings. The van der Waals surface area contributed by atoms with Crippen LogP contribution in [-0.4, -0.2) is 46.8 Å². The molecule has 1 N–H and O–H groups in total. The van der Waals surface area contributed by atoms with Gasteiger partial charge < -0.3 is 10.0 Å². The summed E-state index contributed by atoms with van der Waals surface area (Å²) in [6.07, 6.45) is -4.87. The molecule has 0 bridgehead atoms. The van der Waals surface area contributed by atoms with Gasteiger partial charge >= 0.3 is 6.18 Å². The van der Waals surface area contributed by atoms with Crippen LogP contribution in [0.5, 0.6) is 0 Å². The Morgan fingerprint density at radius 1 is 1.36 bits per heavy atom. The topological polar surface area (TPSA) is 53.4 Å². The molecule has 134 valence electrons. The van der Waals surface area contributed by atoms with Crippen molar-refractivity contribution in [2.45, 2.75) is 12.6 Å². The number of amides is 1. The van der Waals surface area contributed by atoms with Crippen LogP contribution in [0.4, 0.5) is 13.2 Å². The van der Waals surface area contributed by atoms with Crippen LogP contribution < -0.4 is 0 Å². The van der Waals surface area contributed by atoms with Gasteiger partial charge in [0.25, 0.3) is 5.91 Å². The Labute approximate surface area is 150 Å². The Kier molecular flexibility index (Phi) is 4.78. The molecule has 4 nitrogen and oxygen atoms in total. The summed E-state index contributed by atoms with van der Waals surface area (Å²) in [4.78, 5) is 17.8. The normalized spacial score (nSPS) is 20.9. The lowest BCUT2D eigenvalue weighted by atomic mass is 9.87. The quantitative estimate of drug-likeness (QED) is 0.866. The predicted octanol–water partition coefficient (Wildman–Crippen LogP) is 3.85. The number of benzene rings is 1. The molecular weight excluding hydrogens is 377 g/mol. The summed E-state index contributed by atoms with van der Waals surface area (Å²) in [5.41, 5.74) is -1.38. The molecule has 2 aromatic rings. The highest BCUT2D eigenvalue weighted by Gasteiger charge is 2.58. The smallest absolute Gasteiger partial charge is 0.395 e. The molecule has 2 heterocycles. The molecule has 1 unspecified atom stereocenters. The largest absolute Gasteiger partial charge is 0.398 e. The highest BCUT2D eigenvalue weighted by molar-refractivity contribution is 7.13. The summed E-state index contributed by atoms with van der Waals surface area (Å²) in [5, 5.41) is 11.9. The van der Waals surface area contributed by atoms with Crippen molar-refractivity contribution in [1.82, 2.24) is 9.88 Å². The number of rotatable bonds is 3. The van der Waals surface area contributed by atoms with E-state index < -0.39 is 30.7 Å². The van der Waals surface area contributed by atoms with Crippen molar-refractivity contribution in [3.63, 3.8) is 0 Å². The van der Waals surface area contributed by atoms with Crippen molar-refractivity contribution in [3.8, 4) is 10.6 Å². The maximum absolute atomic E-state index is 13.2. The number of alkyl halides is 3. The van der Waals surface area contributed by atoms with E-state index in [1.807, 2.05) is 0 Å². The molecule has 1 aromatic carbocycles. The summed E-state index contributed by atoms with van der Waals surface area (Å²) < 4.78 is 39.6. The Morgan fingerprint density at radius 2 is 2.04 bits per heavy atom. The van der Waals surface area contributed by atoms with E-state index in [-0.39, 0.29) is 18.7 Å². The molecule has 1 atom stereocenters. The van der Waals surface area contributed by atoms with Crippen molar-refractivity contribution in [2.24, 2.45) is 5.41 Å². The second kappa shape index (κ2) is 6.59. The van der Waals surface area contributed by atoms with Gasteiger partial charge in [-0.1, -0.05) is 23.7 Å². The zero-order valence-electron chi connectivity index (χ0n) is 12.9. The van der Waals surface area contributed by atoms with E-state index in [0.717, 1.165) is 10.5 Å². The number of thiazole rings is 1. The first kappa shape index (κ1) is 18.2. The van der Waals surface area contributed by atoms with Gasteiger partial charge in [0, 0.05) is 29.1 Å². The first-order valence-corrected chi connectivity index (χ1v) is 8.70. The van der Waals surface area contributed by atoms with Crippen LogP contribution in [0.3, 0.4) is 0 Å². The minimum absolute atomic E-state index is 0.0628. The molecule has 0 spiro atoms. The van der Waals surface area contributed by atoms with Crippen LogP contribution in [-0.2, 0) is 0 Å². The van der Waals surface area contributed by atoms with E-state index in [9.17, 15) is 23.1 Å². The van der Waals surface area contributed by atoms with E-state index >= 15 is 0 Å². The molecule has 9 heteroatoms. The van der Waals surface area contributed by atoms with Crippen molar-refractivity contribution in [3.05, 3.63) is 40.4 Å². The number of aliphatic hydroxyl groups is 1. The standard InChI is InChI=1S/C16H14ClF3N2O2S/c17-11-3-1-10(2-4-11)13-21-12(7-25-13)14(24)22-6-5-15(8-22,9-23)16(18,19)20/h1-4,7,23H,5-6,8-9H2. The van der Waals surface area contributed by atoms with Crippen molar-refractivity contribution >= 4 is 28.8 Å². The van der Waals surface area contributed by atoms with Gasteiger partial charge in [0.2, 0.25) is 0 Å². The summed E-state index contributed by atoms with van der Waals surface area (Å²) >= 11 is 7.06. The molecule has 3 rings (SSSR count).